The van der Waals surface area contributed by atoms with Crippen molar-refractivity contribution in [3.63, 3.8) is 0 Å². The van der Waals surface area contributed by atoms with Crippen LogP contribution < -0.4 is 20.7 Å². The number of sulfone groups is 1. The highest BCUT2D eigenvalue weighted by molar-refractivity contribution is 7.90. The molecule has 2 heterocycles. The molecule has 3 N–H and O–H groups in total. The van der Waals surface area contributed by atoms with Gasteiger partial charge in [-0.15, -0.1) is 0 Å². The van der Waals surface area contributed by atoms with Crippen molar-refractivity contribution in [2.75, 3.05) is 49.4 Å². The maximum atomic E-state index is 11.3. The van der Waals surface area contributed by atoms with Gasteiger partial charge in [0.15, 0.2) is 0 Å². The number of benzene rings is 3. The van der Waals surface area contributed by atoms with Gasteiger partial charge >= 0.3 is 0 Å². The Morgan fingerprint density at radius 3 is 2.62 bits per heavy atom. The van der Waals surface area contributed by atoms with Crippen LogP contribution in [0.3, 0.4) is 0 Å². The highest BCUT2D eigenvalue weighted by Gasteiger charge is 2.12. The quantitative estimate of drug-likeness (QED) is 0.201. The Balaban J connectivity index is 1.30. The number of aromatic nitrogens is 4. The van der Waals surface area contributed by atoms with Gasteiger partial charge in [0.25, 0.3) is 0 Å². The van der Waals surface area contributed by atoms with Crippen LogP contribution in [0.25, 0.3) is 21.8 Å². The van der Waals surface area contributed by atoms with Crippen LogP contribution in [-0.2, 0) is 16.4 Å². The van der Waals surface area contributed by atoms with E-state index in [1.165, 1.54) is 18.1 Å². The summed E-state index contributed by atoms with van der Waals surface area (Å²) in [6.07, 6.45) is 4.64. The molecule has 11 heteroatoms. The first-order valence-electron chi connectivity index (χ1n) is 12.6. The molecule has 5 rings (SSSR count). The first-order valence-corrected chi connectivity index (χ1v) is 14.7. The van der Waals surface area contributed by atoms with E-state index in [0.717, 1.165) is 33.2 Å². The van der Waals surface area contributed by atoms with Crippen LogP contribution in [0.4, 0.5) is 17.2 Å². The summed E-state index contributed by atoms with van der Waals surface area (Å²) >= 11 is 0. The van der Waals surface area contributed by atoms with Crippen molar-refractivity contribution >= 4 is 48.8 Å². The number of nitrogens with zero attached hydrogens (tertiary/aromatic N) is 4. The van der Waals surface area contributed by atoms with Gasteiger partial charge in [-0.25, -0.2) is 18.4 Å². The molecule has 0 amide bonds. The summed E-state index contributed by atoms with van der Waals surface area (Å²) in [6, 6.07) is 20.2. The molecule has 0 aliphatic rings. The van der Waals surface area contributed by atoms with Crippen molar-refractivity contribution in [2.24, 2.45) is 0 Å². The summed E-state index contributed by atoms with van der Waals surface area (Å²) in [4.78, 5) is 8.94. The average Bonchev–Trinajstić information content (AvgIpc) is 3.32. The molecule has 202 valence electrons. The van der Waals surface area contributed by atoms with Gasteiger partial charge in [-0.2, -0.15) is 5.10 Å². The van der Waals surface area contributed by atoms with Crippen molar-refractivity contribution < 1.29 is 13.2 Å². The zero-order valence-electron chi connectivity index (χ0n) is 21.9. The number of ether oxygens (including phenoxy) is 1. The van der Waals surface area contributed by atoms with E-state index in [0.29, 0.717) is 37.7 Å². The maximum absolute atomic E-state index is 11.3. The molecule has 0 saturated heterocycles. The lowest BCUT2D eigenvalue weighted by Crippen LogP contribution is -2.27. The molecule has 0 bridgehead atoms. The van der Waals surface area contributed by atoms with Gasteiger partial charge in [0.2, 0.25) is 0 Å². The maximum Gasteiger partial charge on any atom is 0.148 e. The minimum atomic E-state index is -2.97. The van der Waals surface area contributed by atoms with Gasteiger partial charge in [-0.3, -0.25) is 4.68 Å². The van der Waals surface area contributed by atoms with Gasteiger partial charge in [0.1, 0.15) is 27.7 Å². The molecule has 0 atom stereocenters. The Morgan fingerprint density at radius 2 is 1.82 bits per heavy atom. The van der Waals surface area contributed by atoms with Crippen LogP contribution in [0.5, 0.6) is 5.75 Å². The predicted molar refractivity (Wildman–Crippen MR) is 156 cm³/mol. The Morgan fingerprint density at radius 1 is 0.974 bits per heavy atom. The second-order valence-corrected chi connectivity index (χ2v) is 11.5. The number of hydrogen-bond acceptors (Lipinski definition) is 9. The Kier molecular flexibility index (Phi) is 7.89. The molecule has 0 saturated carbocycles. The smallest absolute Gasteiger partial charge is 0.148 e. The summed E-state index contributed by atoms with van der Waals surface area (Å²) < 4.78 is 30.2. The third-order valence-corrected chi connectivity index (χ3v) is 7.25. The summed E-state index contributed by atoms with van der Waals surface area (Å²) in [5.74, 6) is 1.44. The minimum Gasteiger partial charge on any atom is -0.495 e. The average molecular weight is 546 g/mol. The van der Waals surface area contributed by atoms with E-state index in [1.807, 2.05) is 47.3 Å². The third-order valence-electron chi connectivity index (χ3n) is 6.30. The molecule has 0 aliphatic heterocycles. The monoisotopic (exact) mass is 545 g/mol. The van der Waals surface area contributed by atoms with E-state index in [2.05, 4.69) is 55.3 Å². The van der Waals surface area contributed by atoms with Crippen LogP contribution in [0.1, 0.15) is 5.56 Å². The Hall–Kier alpha value is -4.22. The molecule has 5 aromatic rings. The number of rotatable bonds is 12. The summed E-state index contributed by atoms with van der Waals surface area (Å²) in [5, 5.41) is 16.3. The molecule has 0 fully saturated rings. The van der Waals surface area contributed by atoms with Crippen molar-refractivity contribution in [2.45, 2.75) is 6.54 Å². The number of methoxy groups -OCH3 is 1. The normalized spacial score (nSPS) is 11.6. The topological polar surface area (TPSA) is 123 Å². The largest absolute Gasteiger partial charge is 0.495 e. The summed E-state index contributed by atoms with van der Waals surface area (Å²) in [5.41, 5.74) is 4.70. The molecule has 0 radical (unpaired) electrons. The summed E-state index contributed by atoms with van der Waals surface area (Å²) in [7, 11) is -1.35. The third kappa shape index (κ3) is 6.62. The zero-order chi connectivity index (χ0) is 27.2. The van der Waals surface area contributed by atoms with Crippen LogP contribution >= 0.6 is 0 Å². The van der Waals surface area contributed by atoms with Gasteiger partial charge in [0.05, 0.1) is 42.3 Å². The highest BCUT2D eigenvalue weighted by atomic mass is 32.2. The number of nitrogens with one attached hydrogen (secondary N) is 3. The lowest BCUT2D eigenvalue weighted by Gasteiger charge is -2.14. The molecule has 3 aromatic carbocycles. The van der Waals surface area contributed by atoms with Crippen molar-refractivity contribution in [3.8, 4) is 5.75 Å². The number of fused-ring (bicyclic) bond motifs is 2. The highest BCUT2D eigenvalue weighted by Crippen LogP contribution is 2.33. The Bertz CT molecular complexity index is 1690. The fraction of sp³-hybridized carbons (Fsp3) is 0.250. The van der Waals surface area contributed by atoms with E-state index in [1.54, 1.807) is 7.11 Å². The lowest BCUT2D eigenvalue weighted by atomic mass is 10.1. The van der Waals surface area contributed by atoms with E-state index in [9.17, 15) is 8.42 Å². The fourth-order valence-corrected chi connectivity index (χ4v) is 4.86. The lowest BCUT2D eigenvalue weighted by molar-refractivity contribution is 0.417. The molecule has 2 aromatic heterocycles. The second-order valence-electron chi connectivity index (χ2n) is 9.28. The van der Waals surface area contributed by atoms with Gasteiger partial charge in [-0.1, -0.05) is 30.3 Å². The molecule has 39 heavy (non-hydrogen) atoms. The van der Waals surface area contributed by atoms with Gasteiger partial charge < -0.3 is 20.7 Å². The second kappa shape index (κ2) is 11.7. The van der Waals surface area contributed by atoms with E-state index < -0.39 is 9.84 Å². The van der Waals surface area contributed by atoms with Crippen LogP contribution in [0, 0.1) is 0 Å². The minimum absolute atomic E-state index is 0.113. The Labute approximate surface area is 227 Å². The first-order chi connectivity index (χ1) is 18.9. The van der Waals surface area contributed by atoms with Crippen LogP contribution in [0.15, 0.2) is 73.2 Å². The van der Waals surface area contributed by atoms with Crippen molar-refractivity contribution in [3.05, 3.63) is 78.8 Å². The van der Waals surface area contributed by atoms with Gasteiger partial charge in [0, 0.05) is 42.3 Å². The molecule has 0 aliphatic carbocycles. The van der Waals surface area contributed by atoms with E-state index in [4.69, 9.17) is 4.74 Å². The summed E-state index contributed by atoms with van der Waals surface area (Å²) in [6.45, 7) is 2.33. The zero-order valence-corrected chi connectivity index (χ0v) is 22.7. The van der Waals surface area contributed by atoms with E-state index in [-0.39, 0.29) is 5.75 Å². The van der Waals surface area contributed by atoms with Crippen molar-refractivity contribution in [1.82, 2.24) is 25.1 Å². The molecule has 0 spiro atoms. The predicted octanol–water partition coefficient (Wildman–Crippen LogP) is 3.83. The molecular weight excluding hydrogens is 514 g/mol. The molecule has 10 nitrogen and oxygen atoms in total. The SMILES string of the molecule is COc1cc2c(Nc3ccc4c(cnn4Cc4ccccc4)c3)ncnc2cc1NCCNCCS(C)(=O)=O. The number of anilines is 3. The number of hydrogen-bond donors (Lipinski definition) is 3. The van der Waals surface area contributed by atoms with Gasteiger partial charge in [-0.05, 0) is 35.9 Å². The fourth-order valence-electron chi connectivity index (χ4n) is 4.34. The van der Waals surface area contributed by atoms with Crippen molar-refractivity contribution in [1.29, 1.82) is 0 Å². The van der Waals surface area contributed by atoms with E-state index >= 15 is 0 Å². The van der Waals surface area contributed by atoms with Crippen LogP contribution in [-0.4, -0.2) is 66.9 Å². The molecule has 0 unspecified atom stereocenters. The van der Waals surface area contributed by atoms with Crippen LogP contribution in [0.2, 0.25) is 0 Å². The standard InChI is InChI=1S/C28H31N7O3S/c1-38-27-15-23-24(16-25(27)30-11-10-29-12-13-39(2,36)37)31-19-32-28(23)34-22-8-9-26-21(14-22)17-33-35(26)18-20-6-4-3-5-7-20/h3-9,14-17,19,29-30H,10-13,18H2,1-2H3,(H,31,32,34). The first kappa shape index (κ1) is 26.4. The molecular formula is C28H31N7O3S.